The molecular formula is C12H13N5. The van der Waals surface area contributed by atoms with Gasteiger partial charge in [0.25, 0.3) is 0 Å². The van der Waals surface area contributed by atoms with Gasteiger partial charge in [0.1, 0.15) is 0 Å². The van der Waals surface area contributed by atoms with Crippen LogP contribution in [0.3, 0.4) is 0 Å². The summed E-state index contributed by atoms with van der Waals surface area (Å²) in [6.07, 6.45) is 1.94. The van der Waals surface area contributed by atoms with Gasteiger partial charge in [0.2, 0.25) is 0 Å². The first-order chi connectivity index (χ1) is 8.24. The largest absolute Gasteiger partial charge is 0.335 e. The van der Waals surface area contributed by atoms with Gasteiger partial charge in [-0.25, -0.2) is 0 Å². The molecule has 17 heavy (non-hydrogen) atoms. The minimum atomic E-state index is 0.830. The monoisotopic (exact) mass is 227 g/mol. The van der Waals surface area contributed by atoms with E-state index < -0.39 is 0 Å². The molecule has 86 valence electrons. The first-order valence-electron chi connectivity index (χ1n) is 5.44. The molecule has 2 aromatic heterocycles. The minimum absolute atomic E-state index is 0.830. The normalized spacial score (nSPS) is 10.9. The molecule has 5 nitrogen and oxygen atoms in total. The highest BCUT2D eigenvalue weighted by atomic mass is 15.3. The van der Waals surface area contributed by atoms with Crippen molar-refractivity contribution in [3.63, 3.8) is 0 Å². The summed E-state index contributed by atoms with van der Waals surface area (Å²) in [5.41, 5.74) is 2.96. The average molecular weight is 227 g/mol. The van der Waals surface area contributed by atoms with Gasteiger partial charge in [-0.05, 0) is 19.1 Å². The number of hydrogen-bond acceptors (Lipinski definition) is 3. The second-order valence-electron chi connectivity index (χ2n) is 4.04. The summed E-state index contributed by atoms with van der Waals surface area (Å²) in [5, 5.41) is 15.9. The Kier molecular flexibility index (Phi) is 2.11. The van der Waals surface area contributed by atoms with Crippen molar-refractivity contribution in [3.8, 4) is 0 Å². The molecule has 0 aliphatic heterocycles. The van der Waals surface area contributed by atoms with Crippen molar-refractivity contribution in [3.05, 3.63) is 36.2 Å². The fourth-order valence-electron chi connectivity index (χ4n) is 1.91. The van der Waals surface area contributed by atoms with Gasteiger partial charge in [-0.1, -0.05) is 12.1 Å². The highest BCUT2D eigenvalue weighted by molar-refractivity contribution is 5.91. The summed E-state index contributed by atoms with van der Waals surface area (Å²) in [7, 11) is 1.90. The third-order valence-corrected chi connectivity index (χ3v) is 2.74. The zero-order chi connectivity index (χ0) is 11.8. The Balaban J connectivity index is 2.03. The molecule has 1 aromatic carbocycles. The van der Waals surface area contributed by atoms with Gasteiger partial charge >= 0.3 is 0 Å². The Hall–Kier alpha value is -2.30. The van der Waals surface area contributed by atoms with E-state index in [1.54, 1.807) is 4.68 Å². The van der Waals surface area contributed by atoms with Crippen LogP contribution in [0.4, 0.5) is 11.5 Å². The van der Waals surface area contributed by atoms with Crippen molar-refractivity contribution >= 4 is 22.4 Å². The molecular weight excluding hydrogens is 214 g/mol. The van der Waals surface area contributed by atoms with Crippen LogP contribution in [0.5, 0.6) is 0 Å². The van der Waals surface area contributed by atoms with Crippen molar-refractivity contribution in [2.24, 2.45) is 7.05 Å². The molecule has 3 aromatic rings. The lowest BCUT2D eigenvalue weighted by molar-refractivity contribution is 0.756. The molecule has 0 atom stereocenters. The fraction of sp³-hybridized carbons (Fsp3) is 0.167. The number of aryl methyl sites for hydroxylation is 2. The fourth-order valence-corrected chi connectivity index (χ4v) is 1.91. The molecule has 0 amide bonds. The van der Waals surface area contributed by atoms with Crippen molar-refractivity contribution in [2.45, 2.75) is 6.92 Å². The number of rotatable bonds is 2. The summed E-state index contributed by atoms with van der Waals surface area (Å²) < 4.78 is 1.78. The Morgan fingerprint density at radius 2 is 2.12 bits per heavy atom. The summed E-state index contributed by atoms with van der Waals surface area (Å²) in [6.45, 7) is 1.97. The number of fused-ring (bicyclic) bond motifs is 1. The Labute approximate surface area is 98.5 Å². The average Bonchev–Trinajstić information content (AvgIpc) is 2.85. The van der Waals surface area contributed by atoms with Gasteiger partial charge in [-0.3, -0.25) is 9.78 Å². The lowest BCUT2D eigenvalue weighted by Crippen LogP contribution is -1.91. The maximum atomic E-state index is 4.29. The Bertz CT molecular complexity index is 664. The van der Waals surface area contributed by atoms with E-state index in [0.29, 0.717) is 0 Å². The minimum Gasteiger partial charge on any atom is -0.335 e. The van der Waals surface area contributed by atoms with Crippen LogP contribution in [-0.2, 0) is 7.05 Å². The number of anilines is 2. The molecule has 0 aliphatic carbocycles. The topological polar surface area (TPSA) is 58.5 Å². The van der Waals surface area contributed by atoms with Gasteiger partial charge in [0, 0.05) is 18.6 Å². The van der Waals surface area contributed by atoms with E-state index in [2.05, 4.69) is 20.6 Å². The lowest BCUT2D eigenvalue weighted by atomic mass is 10.2. The zero-order valence-electron chi connectivity index (χ0n) is 9.73. The molecule has 0 fully saturated rings. The van der Waals surface area contributed by atoms with Crippen LogP contribution in [0, 0.1) is 6.92 Å². The SMILES string of the molecule is Cc1nn(C)cc1Nc1n[nH]c2ccccc12. The van der Waals surface area contributed by atoms with E-state index in [-0.39, 0.29) is 0 Å². The summed E-state index contributed by atoms with van der Waals surface area (Å²) in [4.78, 5) is 0. The number of hydrogen-bond donors (Lipinski definition) is 2. The molecule has 0 aliphatic rings. The predicted octanol–water partition coefficient (Wildman–Crippen LogP) is 2.35. The van der Waals surface area contributed by atoms with E-state index >= 15 is 0 Å². The van der Waals surface area contributed by atoms with E-state index in [9.17, 15) is 0 Å². The number of nitrogens with zero attached hydrogens (tertiary/aromatic N) is 3. The quantitative estimate of drug-likeness (QED) is 0.706. The molecule has 0 bridgehead atoms. The van der Waals surface area contributed by atoms with Crippen LogP contribution < -0.4 is 5.32 Å². The molecule has 0 saturated carbocycles. The van der Waals surface area contributed by atoms with Crippen molar-refractivity contribution in [2.75, 3.05) is 5.32 Å². The van der Waals surface area contributed by atoms with Crippen LogP contribution in [0.1, 0.15) is 5.69 Å². The molecule has 2 heterocycles. The molecule has 0 spiro atoms. The molecule has 0 saturated heterocycles. The van der Waals surface area contributed by atoms with Crippen LogP contribution in [0.25, 0.3) is 10.9 Å². The number of para-hydroxylation sites is 1. The van der Waals surface area contributed by atoms with E-state index in [0.717, 1.165) is 28.1 Å². The number of H-pyrrole nitrogens is 1. The van der Waals surface area contributed by atoms with E-state index in [1.807, 2.05) is 44.4 Å². The number of benzene rings is 1. The van der Waals surface area contributed by atoms with Gasteiger partial charge < -0.3 is 5.32 Å². The number of aromatic nitrogens is 4. The molecule has 0 radical (unpaired) electrons. The standard InChI is InChI=1S/C12H13N5/c1-8-11(7-17(2)16-8)13-12-9-5-3-4-6-10(9)14-15-12/h3-7H,1-2H3,(H2,13,14,15). The highest BCUT2D eigenvalue weighted by Crippen LogP contribution is 2.24. The maximum absolute atomic E-state index is 4.29. The molecule has 3 rings (SSSR count). The van der Waals surface area contributed by atoms with E-state index in [1.165, 1.54) is 0 Å². The second kappa shape index (κ2) is 3.62. The van der Waals surface area contributed by atoms with Gasteiger partial charge in [-0.2, -0.15) is 10.2 Å². The predicted molar refractivity (Wildman–Crippen MR) is 67.3 cm³/mol. The Morgan fingerprint density at radius 3 is 2.88 bits per heavy atom. The van der Waals surface area contributed by atoms with Crippen molar-refractivity contribution < 1.29 is 0 Å². The highest BCUT2D eigenvalue weighted by Gasteiger charge is 2.08. The summed E-state index contributed by atoms with van der Waals surface area (Å²) >= 11 is 0. The molecule has 2 N–H and O–H groups in total. The molecule has 5 heteroatoms. The third kappa shape index (κ3) is 1.65. The van der Waals surface area contributed by atoms with Crippen LogP contribution in [0.15, 0.2) is 30.5 Å². The van der Waals surface area contributed by atoms with Crippen molar-refractivity contribution in [1.29, 1.82) is 0 Å². The van der Waals surface area contributed by atoms with Crippen LogP contribution in [-0.4, -0.2) is 20.0 Å². The Morgan fingerprint density at radius 1 is 1.29 bits per heavy atom. The summed E-state index contributed by atoms with van der Waals surface area (Å²) in [5.74, 6) is 0.830. The first-order valence-corrected chi connectivity index (χ1v) is 5.44. The molecule has 0 unspecified atom stereocenters. The van der Waals surface area contributed by atoms with Crippen LogP contribution >= 0.6 is 0 Å². The first kappa shape index (κ1) is 9.89. The van der Waals surface area contributed by atoms with Gasteiger partial charge in [-0.15, -0.1) is 0 Å². The maximum Gasteiger partial charge on any atom is 0.160 e. The smallest absolute Gasteiger partial charge is 0.160 e. The summed E-state index contributed by atoms with van der Waals surface area (Å²) in [6, 6.07) is 8.02. The van der Waals surface area contributed by atoms with E-state index in [4.69, 9.17) is 0 Å². The second-order valence-corrected chi connectivity index (χ2v) is 4.04. The lowest BCUT2D eigenvalue weighted by Gasteiger charge is -2.00. The number of aromatic amines is 1. The van der Waals surface area contributed by atoms with Crippen molar-refractivity contribution in [1.82, 2.24) is 20.0 Å². The van der Waals surface area contributed by atoms with Gasteiger partial charge in [0.15, 0.2) is 5.82 Å². The third-order valence-electron chi connectivity index (χ3n) is 2.74. The van der Waals surface area contributed by atoms with Crippen LogP contribution in [0.2, 0.25) is 0 Å². The van der Waals surface area contributed by atoms with Gasteiger partial charge in [0.05, 0.1) is 16.9 Å². The zero-order valence-corrected chi connectivity index (χ0v) is 9.73. The number of nitrogens with one attached hydrogen (secondary N) is 2.